The predicted molar refractivity (Wildman–Crippen MR) is 279 cm³/mol. The summed E-state index contributed by atoms with van der Waals surface area (Å²) in [5.74, 6) is 4.17. The summed E-state index contributed by atoms with van der Waals surface area (Å²) in [6.45, 7) is 5.76. The zero-order valence-electron chi connectivity index (χ0n) is 41.3. The Morgan fingerprint density at radius 2 is 0.611 bits per heavy atom. The number of para-hydroxylation sites is 5. The van der Waals surface area contributed by atoms with Crippen molar-refractivity contribution in [2.75, 3.05) is 85.0 Å². The second-order valence-electron chi connectivity index (χ2n) is 16.5. The van der Waals surface area contributed by atoms with E-state index in [1.54, 1.807) is 18.7 Å². The first-order valence-electron chi connectivity index (χ1n) is 24.5. The number of hydrogen-bond acceptors (Lipinski definition) is 14. The molecule has 386 valence electrons. The van der Waals surface area contributed by atoms with Crippen LogP contribution in [0.15, 0.2) is 187 Å². The fraction of sp³-hybridized carbons (Fsp3) is 0.379. The van der Waals surface area contributed by atoms with Crippen molar-refractivity contribution in [2.24, 2.45) is 0 Å². The van der Waals surface area contributed by atoms with Crippen LogP contribution in [0, 0.1) is 0 Å². The molecule has 72 heavy (non-hydrogen) atoms. The number of rotatable bonds is 38. The molecule has 6 rings (SSSR count). The fourth-order valence-corrected chi connectivity index (χ4v) is 7.68. The molecule has 6 aromatic rings. The normalized spacial score (nSPS) is 14.3. The van der Waals surface area contributed by atoms with Crippen LogP contribution in [0.25, 0.3) is 0 Å². The second kappa shape index (κ2) is 33.9. The topological polar surface area (TPSA) is 131 Å². The van der Waals surface area contributed by atoms with Crippen molar-refractivity contribution in [2.45, 2.75) is 61.7 Å². The standard InChI is InChI=1S/C58H70O13S/c1-3-60-46(2)61-34-47(59)35-62-53(36-63-48-22-10-4-11-23-48)40-68-54(37-64-49-24-12-5-13-25-49)41-69-55(38-65-50-26-14-6-15-27-50)42-70-56(39-66-51-28-16-7-17-29-51)43-71-57(44-67-52-30-18-8-19-31-52)45-72-58-32-20-9-21-33-58/h4-33,46-47,53-57,59H,3,34-45H2,1-2H3. The Bertz CT molecular complexity index is 2180. The number of aliphatic hydroxyl groups is 1. The third-order valence-electron chi connectivity index (χ3n) is 10.6. The highest BCUT2D eigenvalue weighted by atomic mass is 32.2. The van der Waals surface area contributed by atoms with E-state index in [0.717, 1.165) is 10.6 Å². The summed E-state index contributed by atoms with van der Waals surface area (Å²) in [5.41, 5.74) is 0. The van der Waals surface area contributed by atoms with Crippen LogP contribution in [-0.2, 0) is 33.2 Å². The molecule has 0 saturated carbocycles. The Hall–Kier alpha value is -5.65. The summed E-state index contributed by atoms with van der Waals surface area (Å²) in [7, 11) is 0. The molecule has 0 aromatic heterocycles. The van der Waals surface area contributed by atoms with Crippen LogP contribution in [0.3, 0.4) is 0 Å². The lowest BCUT2D eigenvalue weighted by atomic mass is 10.3. The molecule has 0 spiro atoms. The smallest absolute Gasteiger partial charge is 0.154 e. The molecule has 14 heteroatoms. The van der Waals surface area contributed by atoms with Gasteiger partial charge in [-0.2, -0.15) is 0 Å². The molecule has 13 nitrogen and oxygen atoms in total. The Kier molecular flexibility index (Phi) is 26.2. The van der Waals surface area contributed by atoms with Crippen molar-refractivity contribution in [3.8, 4) is 28.7 Å². The molecule has 0 aliphatic rings. The Labute approximate surface area is 429 Å². The Balaban J connectivity index is 1.14. The molecule has 0 fully saturated rings. The van der Waals surface area contributed by atoms with Crippen LogP contribution in [0.5, 0.6) is 28.7 Å². The van der Waals surface area contributed by atoms with Crippen LogP contribution in [-0.4, -0.2) is 133 Å². The maximum absolute atomic E-state index is 10.8. The molecular weight excluding hydrogens is 937 g/mol. The molecule has 0 aliphatic carbocycles. The van der Waals surface area contributed by atoms with E-state index in [1.807, 2.05) is 177 Å². The average molecular weight is 1010 g/mol. The summed E-state index contributed by atoms with van der Waals surface area (Å²) in [5, 5.41) is 10.8. The van der Waals surface area contributed by atoms with Gasteiger partial charge in [0.05, 0.1) is 39.6 Å². The van der Waals surface area contributed by atoms with Crippen LogP contribution in [0.1, 0.15) is 13.8 Å². The minimum Gasteiger partial charge on any atom is -0.491 e. The monoisotopic (exact) mass is 1010 g/mol. The van der Waals surface area contributed by atoms with Gasteiger partial charge in [0, 0.05) is 17.3 Å². The lowest BCUT2D eigenvalue weighted by Gasteiger charge is -2.27. The lowest BCUT2D eigenvalue weighted by molar-refractivity contribution is -0.158. The summed E-state index contributed by atoms with van der Waals surface area (Å²) < 4.78 is 74.9. The molecule has 0 radical (unpaired) electrons. The van der Waals surface area contributed by atoms with E-state index >= 15 is 0 Å². The van der Waals surface area contributed by atoms with Gasteiger partial charge < -0.3 is 61.9 Å². The number of thioether (sulfide) groups is 1. The van der Waals surface area contributed by atoms with Gasteiger partial charge in [0.25, 0.3) is 0 Å². The molecule has 0 aliphatic heterocycles. The molecule has 0 bridgehead atoms. The zero-order valence-corrected chi connectivity index (χ0v) is 42.1. The number of benzene rings is 6. The number of aliphatic hydroxyl groups excluding tert-OH is 1. The number of hydrogen-bond donors (Lipinski definition) is 1. The quantitative estimate of drug-likeness (QED) is 0.0292. The minimum atomic E-state index is -0.910. The average Bonchev–Trinajstić information content (AvgIpc) is 3.43. The van der Waals surface area contributed by atoms with Gasteiger partial charge in [0.2, 0.25) is 0 Å². The second-order valence-corrected chi connectivity index (χ2v) is 17.6. The van der Waals surface area contributed by atoms with Crippen molar-refractivity contribution in [3.05, 3.63) is 182 Å². The first-order valence-corrected chi connectivity index (χ1v) is 25.5. The molecular formula is C58H70O13S. The largest absolute Gasteiger partial charge is 0.491 e. The van der Waals surface area contributed by atoms with Crippen molar-refractivity contribution in [3.63, 3.8) is 0 Å². The van der Waals surface area contributed by atoms with Crippen LogP contribution >= 0.6 is 11.8 Å². The van der Waals surface area contributed by atoms with E-state index in [0.29, 0.717) is 42.0 Å². The molecule has 7 atom stereocenters. The summed E-state index contributed by atoms with van der Waals surface area (Å²) in [6.07, 6.45) is -3.89. The molecule has 0 amide bonds. The van der Waals surface area contributed by atoms with Crippen molar-refractivity contribution < 1.29 is 61.9 Å². The minimum absolute atomic E-state index is 0.0194. The maximum atomic E-state index is 10.8. The zero-order chi connectivity index (χ0) is 50.1. The summed E-state index contributed by atoms with van der Waals surface area (Å²) >= 11 is 1.70. The van der Waals surface area contributed by atoms with Gasteiger partial charge in [-0.05, 0) is 86.6 Å². The third-order valence-corrected chi connectivity index (χ3v) is 11.7. The molecule has 7 unspecified atom stereocenters. The lowest BCUT2D eigenvalue weighted by Crippen LogP contribution is -2.39. The highest BCUT2D eigenvalue weighted by Crippen LogP contribution is 2.21. The van der Waals surface area contributed by atoms with Crippen molar-refractivity contribution in [1.82, 2.24) is 0 Å². The van der Waals surface area contributed by atoms with Gasteiger partial charge >= 0.3 is 0 Å². The van der Waals surface area contributed by atoms with Crippen molar-refractivity contribution >= 4 is 11.8 Å². The molecule has 6 aromatic carbocycles. The van der Waals surface area contributed by atoms with E-state index in [1.165, 1.54) is 0 Å². The van der Waals surface area contributed by atoms with Gasteiger partial charge in [-0.1, -0.05) is 109 Å². The van der Waals surface area contributed by atoms with E-state index in [-0.39, 0.29) is 72.2 Å². The van der Waals surface area contributed by atoms with Gasteiger partial charge in [-0.25, -0.2) is 0 Å². The summed E-state index contributed by atoms with van der Waals surface area (Å²) in [6, 6.07) is 58.1. The van der Waals surface area contributed by atoms with E-state index in [2.05, 4.69) is 12.1 Å². The van der Waals surface area contributed by atoms with E-state index in [4.69, 9.17) is 56.8 Å². The van der Waals surface area contributed by atoms with E-state index < -0.39 is 36.8 Å². The molecule has 1 N–H and O–H groups in total. The predicted octanol–water partition coefficient (Wildman–Crippen LogP) is 9.86. The van der Waals surface area contributed by atoms with Gasteiger partial charge in [-0.3, -0.25) is 0 Å². The van der Waals surface area contributed by atoms with Gasteiger partial charge in [0.1, 0.15) is 98.4 Å². The van der Waals surface area contributed by atoms with Crippen LogP contribution in [0.2, 0.25) is 0 Å². The fourth-order valence-electron chi connectivity index (χ4n) is 6.76. The van der Waals surface area contributed by atoms with Crippen molar-refractivity contribution in [1.29, 1.82) is 0 Å². The Morgan fingerprint density at radius 3 is 0.944 bits per heavy atom. The highest BCUT2D eigenvalue weighted by molar-refractivity contribution is 7.99. The van der Waals surface area contributed by atoms with Gasteiger partial charge in [-0.15, -0.1) is 11.8 Å². The number of ether oxygens (including phenoxy) is 12. The van der Waals surface area contributed by atoms with Crippen LogP contribution in [0.4, 0.5) is 0 Å². The Morgan fingerprint density at radius 1 is 0.333 bits per heavy atom. The van der Waals surface area contributed by atoms with E-state index in [9.17, 15) is 5.11 Å². The third kappa shape index (κ3) is 23.3. The highest BCUT2D eigenvalue weighted by Gasteiger charge is 2.24. The maximum Gasteiger partial charge on any atom is 0.154 e. The summed E-state index contributed by atoms with van der Waals surface area (Å²) in [4.78, 5) is 1.14. The SMILES string of the molecule is CCOC(C)OCC(O)COC(COc1ccccc1)COC(COc1ccccc1)COC(COc1ccccc1)COC(COc1ccccc1)COC(COc1ccccc1)CSc1ccccc1. The molecule has 0 heterocycles. The molecule has 0 saturated heterocycles. The van der Waals surface area contributed by atoms with Gasteiger partial charge in [0.15, 0.2) is 6.29 Å². The first-order chi connectivity index (χ1) is 35.5. The van der Waals surface area contributed by atoms with Crippen LogP contribution < -0.4 is 23.7 Å². The first kappa shape index (κ1) is 55.7.